The number of hydrogen-bond donors (Lipinski definition) is 2. The molecule has 0 fully saturated rings. The van der Waals surface area contributed by atoms with Crippen molar-refractivity contribution in [3.8, 4) is 28.4 Å². The molecule has 0 radical (unpaired) electrons. The van der Waals surface area contributed by atoms with Gasteiger partial charge in [0.2, 0.25) is 0 Å². The van der Waals surface area contributed by atoms with Crippen LogP contribution in [0.3, 0.4) is 0 Å². The largest absolute Gasteiger partial charge is 0.496 e. The number of rotatable bonds is 7. The maximum absolute atomic E-state index is 14.5. The number of ether oxygens (including phenoxy) is 2. The van der Waals surface area contributed by atoms with Crippen LogP contribution in [0.25, 0.3) is 22.6 Å². The fourth-order valence-corrected chi connectivity index (χ4v) is 4.00. The van der Waals surface area contributed by atoms with Crippen molar-refractivity contribution in [1.82, 2.24) is 19.9 Å². The van der Waals surface area contributed by atoms with Gasteiger partial charge in [0.1, 0.15) is 17.4 Å². The average Bonchev–Trinajstić information content (AvgIpc) is 2.88. The van der Waals surface area contributed by atoms with E-state index in [0.29, 0.717) is 17.0 Å². The number of esters is 1. The minimum Gasteiger partial charge on any atom is -0.496 e. The molecule has 196 valence electrons. The summed E-state index contributed by atoms with van der Waals surface area (Å²) >= 11 is 0. The second kappa shape index (κ2) is 10.8. The van der Waals surface area contributed by atoms with Crippen LogP contribution in [0.2, 0.25) is 0 Å². The number of carbonyl (C=O) groups is 1. The van der Waals surface area contributed by atoms with Gasteiger partial charge in [-0.2, -0.15) is 0 Å². The Kier molecular flexibility index (Phi) is 7.47. The SMILES string of the molecule is CCOC(=O)c1nc(-c2cc(F)cnc2Nc2nc(C)ccc2F)nc(-c2c(C)ccc(OC)c2C)c1N. The normalized spacial score (nSPS) is 10.8. The third-order valence-electron chi connectivity index (χ3n) is 5.81. The molecule has 0 amide bonds. The van der Waals surface area contributed by atoms with Crippen molar-refractivity contribution in [2.75, 3.05) is 24.8 Å². The lowest BCUT2D eigenvalue weighted by atomic mass is 9.97. The van der Waals surface area contributed by atoms with Crippen LogP contribution in [0.1, 0.15) is 34.2 Å². The van der Waals surface area contributed by atoms with Crippen LogP contribution in [-0.4, -0.2) is 39.6 Å². The van der Waals surface area contributed by atoms with Crippen molar-refractivity contribution in [3.63, 3.8) is 0 Å². The maximum Gasteiger partial charge on any atom is 0.359 e. The molecule has 0 aliphatic carbocycles. The van der Waals surface area contributed by atoms with Crippen LogP contribution in [0.15, 0.2) is 36.5 Å². The molecule has 11 heteroatoms. The Labute approximate surface area is 218 Å². The maximum atomic E-state index is 14.5. The first-order valence-corrected chi connectivity index (χ1v) is 11.7. The van der Waals surface area contributed by atoms with Crippen molar-refractivity contribution in [3.05, 3.63) is 70.7 Å². The summed E-state index contributed by atoms with van der Waals surface area (Å²) in [5.41, 5.74) is 9.16. The highest BCUT2D eigenvalue weighted by Crippen LogP contribution is 2.38. The summed E-state index contributed by atoms with van der Waals surface area (Å²) in [5.74, 6) is -1.71. The number of aryl methyl sites for hydroxylation is 2. The van der Waals surface area contributed by atoms with Gasteiger partial charge < -0.3 is 20.5 Å². The van der Waals surface area contributed by atoms with E-state index in [1.807, 2.05) is 19.9 Å². The number of aromatic nitrogens is 4. The summed E-state index contributed by atoms with van der Waals surface area (Å²) in [6, 6.07) is 7.52. The second-order valence-corrected chi connectivity index (χ2v) is 8.42. The van der Waals surface area contributed by atoms with Crippen molar-refractivity contribution in [1.29, 1.82) is 0 Å². The van der Waals surface area contributed by atoms with Crippen LogP contribution in [0.4, 0.5) is 26.1 Å². The highest BCUT2D eigenvalue weighted by atomic mass is 19.1. The molecule has 38 heavy (non-hydrogen) atoms. The van der Waals surface area contributed by atoms with Crippen LogP contribution >= 0.6 is 0 Å². The molecular formula is C27H26F2N6O3. The van der Waals surface area contributed by atoms with Gasteiger partial charge in [-0.15, -0.1) is 0 Å². The minimum absolute atomic E-state index is 0.0167. The Balaban J connectivity index is 2.00. The van der Waals surface area contributed by atoms with E-state index in [1.54, 1.807) is 19.9 Å². The predicted molar refractivity (Wildman–Crippen MR) is 139 cm³/mol. The Morgan fingerprint density at radius 1 is 1.05 bits per heavy atom. The molecule has 0 atom stereocenters. The smallest absolute Gasteiger partial charge is 0.359 e. The van der Waals surface area contributed by atoms with Crippen LogP contribution in [0.5, 0.6) is 5.75 Å². The third kappa shape index (κ3) is 5.08. The molecule has 4 rings (SSSR count). The molecule has 3 heterocycles. The fourth-order valence-electron chi connectivity index (χ4n) is 4.00. The van der Waals surface area contributed by atoms with E-state index in [0.717, 1.165) is 23.4 Å². The van der Waals surface area contributed by atoms with Gasteiger partial charge in [-0.3, -0.25) is 0 Å². The molecule has 0 aliphatic heterocycles. The van der Waals surface area contributed by atoms with Gasteiger partial charge in [0.25, 0.3) is 0 Å². The molecule has 3 N–H and O–H groups in total. The van der Waals surface area contributed by atoms with Crippen molar-refractivity contribution < 1.29 is 23.0 Å². The first-order chi connectivity index (χ1) is 18.1. The molecule has 0 saturated heterocycles. The van der Waals surface area contributed by atoms with E-state index < -0.39 is 17.6 Å². The van der Waals surface area contributed by atoms with E-state index in [9.17, 15) is 13.6 Å². The molecule has 0 unspecified atom stereocenters. The summed E-state index contributed by atoms with van der Waals surface area (Å²) in [6.07, 6.45) is 0.959. The van der Waals surface area contributed by atoms with Gasteiger partial charge in [-0.05, 0) is 57.5 Å². The summed E-state index contributed by atoms with van der Waals surface area (Å²) < 4.78 is 39.6. The molecular weight excluding hydrogens is 494 g/mol. The van der Waals surface area contributed by atoms with E-state index in [1.165, 1.54) is 19.2 Å². The molecule has 0 saturated carbocycles. The van der Waals surface area contributed by atoms with Crippen LogP contribution in [0, 0.1) is 32.4 Å². The number of hydrogen-bond acceptors (Lipinski definition) is 9. The molecule has 1 aromatic carbocycles. The molecule has 0 spiro atoms. The second-order valence-electron chi connectivity index (χ2n) is 8.42. The number of methoxy groups -OCH3 is 1. The Hall–Kier alpha value is -4.67. The summed E-state index contributed by atoms with van der Waals surface area (Å²) in [7, 11) is 1.54. The van der Waals surface area contributed by atoms with Gasteiger partial charge in [-0.25, -0.2) is 33.5 Å². The predicted octanol–water partition coefficient (Wildman–Crippen LogP) is 5.32. The lowest BCUT2D eigenvalue weighted by Gasteiger charge is -2.18. The lowest BCUT2D eigenvalue weighted by molar-refractivity contribution is 0.0521. The Bertz CT molecular complexity index is 1540. The number of nitrogens with zero attached hydrogens (tertiary/aromatic N) is 4. The Morgan fingerprint density at radius 2 is 1.82 bits per heavy atom. The van der Waals surface area contributed by atoms with Gasteiger partial charge in [0, 0.05) is 16.8 Å². The molecule has 0 aliphatic rings. The molecule has 9 nitrogen and oxygen atoms in total. The van der Waals surface area contributed by atoms with Crippen molar-refractivity contribution in [2.45, 2.75) is 27.7 Å². The minimum atomic E-state index is -0.779. The highest BCUT2D eigenvalue weighted by molar-refractivity contribution is 5.98. The first-order valence-electron chi connectivity index (χ1n) is 11.7. The van der Waals surface area contributed by atoms with Gasteiger partial charge in [-0.1, -0.05) is 6.07 Å². The van der Waals surface area contributed by atoms with Crippen LogP contribution < -0.4 is 15.8 Å². The summed E-state index contributed by atoms with van der Waals surface area (Å²) in [5, 5.41) is 2.78. The molecule has 0 bridgehead atoms. The van der Waals surface area contributed by atoms with Gasteiger partial charge >= 0.3 is 5.97 Å². The molecule has 3 aromatic heterocycles. The number of carbonyl (C=O) groups excluding carboxylic acids is 1. The lowest BCUT2D eigenvalue weighted by Crippen LogP contribution is -2.15. The van der Waals surface area contributed by atoms with Crippen molar-refractivity contribution in [2.24, 2.45) is 0 Å². The Morgan fingerprint density at radius 3 is 2.53 bits per heavy atom. The summed E-state index contributed by atoms with van der Waals surface area (Å²) in [6.45, 7) is 7.11. The topological polar surface area (TPSA) is 125 Å². The third-order valence-corrected chi connectivity index (χ3v) is 5.81. The van der Waals surface area contributed by atoms with Gasteiger partial charge in [0.15, 0.2) is 23.2 Å². The van der Waals surface area contributed by atoms with E-state index in [-0.39, 0.29) is 46.7 Å². The van der Waals surface area contributed by atoms with Crippen LogP contribution in [-0.2, 0) is 4.74 Å². The van der Waals surface area contributed by atoms with E-state index >= 15 is 0 Å². The number of nitrogen functional groups attached to an aromatic ring is 1. The number of benzene rings is 1. The number of anilines is 3. The standard InChI is InChI=1S/C27H26F2N6O3/c1-6-38-27(36)23-21(30)22(20-13(2)7-10-19(37-5)15(20)4)33-25(34-23)17-11-16(28)12-31-24(17)35-26-18(29)9-8-14(3)32-26/h7-12H,6,30H2,1-5H3,(H,31,32,35). The fraction of sp³-hybridized carbons (Fsp3) is 0.222. The number of nitrogens with one attached hydrogen (secondary N) is 1. The summed E-state index contributed by atoms with van der Waals surface area (Å²) in [4.78, 5) is 30.1. The van der Waals surface area contributed by atoms with E-state index in [4.69, 9.17) is 15.2 Å². The zero-order valence-corrected chi connectivity index (χ0v) is 21.5. The quantitative estimate of drug-likeness (QED) is 0.312. The number of nitrogens with two attached hydrogens (primary N) is 1. The number of pyridine rings is 2. The van der Waals surface area contributed by atoms with Gasteiger partial charge in [0.05, 0.1) is 36.9 Å². The number of halogens is 2. The van der Waals surface area contributed by atoms with E-state index in [2.05, 4.69) is 25.3 Å². The highest BCUT2D eigenvalue weighted by Gasteiger charge is 2.25. The monoisotopic (exact) mass is 520 g/mol. The van der Waals surface area contributed by atoms with Crippen molar-refractivity contribution >= 4 is 23.3 Å². The zero-order chi connectivity index (χ0) is 27.6. The zero-order valence-electron chi connectivity index (χ0n) is 21.5. The first kappa shape index (κ1) is 26.4. The molecule has 4 aromatic rings. The average molecular weight is 521 g/mol.